The average Bonchev–Trinajstić information content (AvgIpc) is 2.77. The summed E-state index contributed by atoms with van der Waals surface area (Å²) in [6.45, 7) is 0. The Labute approximate surface area is 119 Å². The third-order valence-electron chi connectivity index (χ3n) is 2.51. The van der Waals surface area contributed by atoms with E-state index in [1.807, 2.05) is 6.07 Å². The van der Waals surface area contributed by atoms with E-state index in [1.165, 1.54) is 0 Å². The molecule has 0 aliphatic rings. The Morgan fingerprint density at radius 2 is 2.16 bits per heavy atom. The second-order valence-electron chi connectivity index (χ2n) is 3.84. The maximum Gasteiger partial charge on any atom is 0.207 e. The van der Waals surface area contributed by atoms with E-state index in [0.29, 0.717) is 16.7 Å². The van der Waals surface area contributed by atoms with E-state index in [2.05, 4.69) is 17.2 Å². The van der Waals surface area contributed by atoms with E-state index in [-0.39, 0.29) is 22.4 Å². The normalized spacial score (nSPS) is 11.9. The Morgan fingerprint density at radius 3 is 2.74 bits per heavy atom. The fraction of sp³-hybridized carbons (Fsp3) is 0.167. The van der Waals surface area contributed by atoms with Gasteiger partial charge in [-0.1, -0.05) is 0 Å². The summed E-state index contributed by atoms with van der Waals surface area (Å²) in [5, 5.41) is 26.7. The van der Waals surface area contributed by atoms with Gasteiger partial charge >= 0.3 is 0 Å². The van der Waals surface area contributed by atoms with Crippen LogP contribution in [0.2, 0.25) is 0 Å². The third-order valence-corrected chi connectivity index (χ3v) is 2.96. The van der Waals surface area contributed by atoms with Crippen LogP contribution in [0.15, 0.2) is 22.6 Å². The van der Waals surface area contributed by atoms with Gasteiger partial charge in [-0.25, -0.2) is 4.98 Å². The van der Waals surface area contributed by atoms with Gasteiger partial charge in [0.05, 0.1) is 11.6 Å². The molecule has 0 amide bonds. The van der Waals surface area contributed by atoms with Crippen LogP contribution in [0.1, 0.15) is 23.8 Å². The molecule has 0 fully saturated rings. The van der Waals surface area contributed by atoms with Gasteiger partial charge in [0.25, 0.3) is 0 Å². The number of rotatable bonds is 4. The lowest BCUT2D eigenvalue weighted by Gasteiger charge is -2.07. The van der Waals surface area contributed by atoms with Gasteiger partial charge in [0.2, 0.25) is 5.89 Å². The van der Waals surface area contributed by atoms with Gasteiger partial charge in [-0.15, -0.1) is 0 Å². The first-order valence-electron chi connectivity index (χ1n) is 5.26. The highest BCUT2D eigenvalue weighted by Gasteiger charge is 2.24. The van der Waals surface area contributed by atoms with E-state index in [9.17, 15) is 5.11 Å². The van der Waals surface area contributed by atoms with Crippen LogP contribution in [0, 0.1) is 11.3 Å². The zero-order valence-corrected chi connectivity index (χ0v) is 11.2. The van der Waals surface area contributed by atoms with Crippen molar-refractivity contribution < 1.29 is 14.6 Å². The van der Waals surface area contributed by atoms with Gasteiger partial charge in [0.1, 0.15) is 11.4 Å². The van der Waals surface area contributed by atoms with E-state index in [4.69, 9.17) is 27.0 Å². The molecule has 1 heterocycles. The molecule has 19 heavy (non-hydrogen) atoms. The number of oxazole rings is 1. The van der Waals surface area contributed by atoms with Crippen molar-refractivity contribution in [2.24, 2.45) is 0 Å². The summed E-state index contributed by atoms with van der Waals surface area (Å²) < 4.78 is 5.45. The Bertz CT molecular complexity index is 703. The minimum atomic E-state index is -0.773. The van der Waals surface area contributed by atoms with Gasteiger partial charge in [-0.3, -0.25) is 0 Å². The molecular formula is C12H8N2O3S2. The molecule has 7 heteroatoms. The van der Waals surface area contributed by atoms with E-state index in [0.717, 1.165) is 0 Å². The number of nitrogens with zero attached hydrogens (tertiary/aromatic N) is 2. The summed E-state index contributed by atoms with van der Waals surface area (Å²) in [5.74, 6) is -0.612. The molecule has 1 aromatic carbocycles. The van der Waals surface area contributed by atoms with Crippen LogP contribution in [0.4, 0.5) is 0 Å². The van der Waals surface area contributed by atoms with Crippen LogP contribution in [-0.4, -0.2) is 25.3 Å². The fourth-order valence-electron chi connectivity index (χ4n) is 1.62. The Balaban J connectivity index is 2.46. The van der Waals surface area contributed by atoms with E-state index >= 15 is 0 Å². The van der Waals surface area contributed by atoms with Crippen LogP contribution in [0.25, 0.3) is 11.1 Å². The Morgan fingerprint density at radius 1 is 1.42 bits per heavy atom. The van der Waals surface area contributed by atoms with Gasteiger partial charge in [0, 0.05) is 6.42 Å². The van der Waals surface area contributed by atoms with Gasteiger partial charge in [-0.05, 0) is 42.6 Å². The van der Waals surface area contributed by atoms with Gasteiger partial charge in [0.15, 0.2) is 15.7 Å². The smallest absolute Gasteiger partial charge is 0.207 e. The molecule has 96 valence electrons. The van der Waals surface area contributed by atoms with Crippen LogP contribution in [0.3, 0.4) is 0 Å². The summed E-state index contributed by atoms with van der Waals surface area (Å²) in [5.41, 5.74) is 1.41. The number of aliphatic hydroxyl groups is 2. The molecule has 1 aromatic heterocycles. The van der Waals surface area contributed by atoms with Crippen molar-refractivity contribution in [1.82, 2.24) is 4.98 Å². The van der Waals surface area contributed by atoms with Crippen LogP contribution in [0.5, 0.6) is 0 Å². The molecule has 1 unspecified atom stereocenters. The zero-order valence-electron chi connectivity index (χ0n) is 9.53. The quantitative estimate of drug-likeness (QED) is 0.837. The van der Waals surface area contributed by atoms with Gasteiger partial charge < -0.3 is 14.6 Å². The minimum Gasteiger partial charge on any atom is -0.502 e. The number of aromatic nitrogens is 1. The highest BCUT2D eigenvalue weighted by atomic mass is 32.1. The summed E-state index contributed by atoms with van der Waals surface area (Å²) in [6.07, 6.45) is -0.0391. The van der Waals surface area contributed by atoms with Crippen LogP contribution in [-0.2, 0) is 0 Å². The molecule has 0 saturated carbocycles. The number of thiocarbonyl (C=S) groups is 2. The highest BCUT2D eigenvalue weighted by Crippen LogP contribution is 2.25. The number of fused-ring (bicyclic) bond motifs is 1. The molecule has 0 aliphatic carbocycles. The fourth-order valence-corrected chi connectivity index (χ4v) is 1.97. The number of hydrogen-bond donors (Lipinski definition) is 2. The Kier molecular flexibility index (Phi) is 3.74. The highest BCUT2D eigenvalue weighted by molar-refractivity contribution is 7.80. The number of hydrogen-bond acceptors (Lipinski definition) is 5. The number of aliphatic hydroxyl groups excluding tert-OH is 2. The van der Waals surface area contributed by atoms with Crippen LogP contribution >= 0.6 is 24.4 Å². The maximum atomic E-state index is 9.45. The van der Waals surface area contributed by atoms with E-state index < -0.39 is 5.92 Å². The predicted octanol–water partition coefficient (Wildman–Crippen LogP) is 2.94. The molecule has 2 N–H and O–H groups in total. The lowest BCUT2D eigenvalue weighted by molar-refractivity contribution is 0.459. The molecule has 5 nitrogen and oxygen atoms in total. The summed E-state index contributed by atoms with van der Waals surface area (Å²) in [7, 11) is 0. The molecule has 2 aromatic rings. The average molecular weight is 292 g/mol. The monoisotopic (exact) mass is 292 g/mol. The van der Waals surface area contributed by atoms with E-state index in [1.54, 1.807) is 18.2 Å². The lowest BCUT2D eigenvalue weighted by Crippen LogP contribution is -2.13. The van der Waals surface area contributed by atoms with Crippen molar-refractivity contribution in [2.75, 3.05) is 0 Å². The lowest BCUT2D eigenvalue weighted by atomic mass is 10.1. The van der Waals surface area contributed by atoms with Crippen molar-refractivity contribution in [3.63, 3.8) is 0 Å². The molecule has 0 radical (unpaired) electrons. The SMILES string of the molecule is N#Cc1ccc2oc(C(CC(O)=S)C(O)=S)nc2c1. The zero-order chi connectivity index (χ0) is 14.0. The first-order valence-corrected chi connectivity index (χ1v) is 6.08. The van der Waals surface area contributed by atoms with Crippen molar-refractivity contribution in [2.45, 2.75) is 12.3 Å². The van der Waals surface area contributed by atoms with Crippen LogP contribution < -0.4 is 0 Å². The van der Waals surface area contributed by atoms with Crippen molar-refractivity contribution >= 4 is 45.6 Å². The molecule has 2 rings (SSSR count). The second-order valence-corrected chi connectivity index (χ2v) is 4.72. The summed E-state index contributed by atoms with van der Waals surface area (Å²) in [4.78, 5) is 4.16. The Hall–Kier alpha value is -2.04. The first-order chi connectivity index (χ1) is 9.01. The summed E-state index contributed by atoms with van der Waals surface area (Å²) in [6, 6.07) is 6.77. The molecular weight excluding hydrogens is 284 g/mol. The van der Waals surface area contributed by atoms with Gasteiger partial charge in [-0.2, -0.15) is 5.26 Å². The summed E-state index contributed by atoms with van der Waals surface area (Å²) >= 11 is 9.29. The predicted molar refractivity (Wildman–Crippen MR) is 76.5 cm³/mol. The molecule has 0 bridgehead atoms. The molecule has 0 aliphatic heterocycles. The molecule has 1 atom stereocenters. The number of benzene rings is 1. The standard InChI is InChI=1S/C12H8N2O3S2/c13-5-6-1-2-9-8(3-6)14-11(17-9)7(12(16)19)4-10(15)18/h1-3,7H,4H2,(H,15,18)(H,16,19). The topological polar surface area (TPSA) is 90.3 Å². The van der Waals surface area contributed by atoms with Crippen molar-refractivity contribution in [1.29, 1.82) is 5.26 Å². The molecule has 0 spiro atoms. The number of nitriles is 1. The van der Waals surface area contributed by atoms with Crippen molar-refractivity contribution in [3.8, 4) is 6.07 Å². The first kappa shape index (κ1) is 13.4. The second kappa shape index (κ2) is 5.30. The minimum absolute atomic E-state index is 0.0391. The largest absolute Gasteiger partial charge is 0.502 e. The molecule has 0 saturated heterocycles. The van der Waals surface area contributed by atoms with Crippen molar-refractivity contribution in [3.05, 3.63) is 29.7 Å². The maximum absolute atomic E-state index is 9.45. The third kappa shape index (κ3) is 2.86.